The van der Waals surface area contributed by atoms with Crippen LogP contribution in [0.15, 0.2) is 60.1 Å². The summed E-state index contributed by atoms with van der Waals surface area (Å²) in [4.78, 5) is 18.1. The molecule has 188 valence electrons. The molecule has 8 heteroatoms. The SMILES string of the molecule is C=CC[C@@]1(C(=O)NCCc2ccc(OC)c(OC)c2)N=C(c2ccc(OCCCO)cc2)O[C@@H]1C. The molecule has 0 fully saturated rings. The first-order valence-corrected chi connectivity index (χ1v) is 11.7. The van der Waals surface area contributed by atoms with Crippen molar-refractivity contribution in [3.63, 3.8) is 0 Å². The van der Waals surface area contributed by atoms with Crippen molar-refractivity contribution in [2.45, 2.75) is 37.8 Å². The van der Waals surface area contributed by atoms with Crippen LogP contribution in [-0.4, -0.2) is 62.5 Å². The Balaban J connectivity index is 1.69. The van der Waals surface area contributed by atoms with Gasteiger partial charge in [0.1, 0.15) is 11.9 Å². The fourth-order valence-corrected chi connectivity index (χ4v) is 3.91. The van der Waals surface area contributed by atoms with Gasteiger partial charge >= 0.3 is 0 Å². The zero-order valence-corrected chi connectivity index (χ0v) is 20.6. The van der Waals surface area contributed by atoms with Crippen LogP contribution < -0.4 is 19.5 Å². The van der Waals surface area contributed by atoms with Crippen molar-refractivity contribution in [2.75, 3.05) is 34.0 Å². The first-order chi connectivity index (χ1) is 17.0. The monoisotopic (exact) mass is 482 g/mol. The average Bonchev–Trinajstić information content (AvgIpc) is 3.21. The molecule has 0 radical (unpaired) electrons. The van der Waals surface area contributed by atoms with Crippen LogP contribution in [0.3, 0.4) is 0 Å². The maximum atomic E-state index is 13.3. The van der Waals surface area contributed by atoms with Crippen LogP contribution in [0.4, 0.5) is 0 Å². The molecule has 1 heterocycles. The van der Waals surface area contributed by atoms with Crippen molar-refractivity contribution in [3.8, 4) is 17.2 Å². The van der Waals surface area contributed by atoms with E-state index in [-0.39, 0.29) is 12.5 Å². The predicted octanol–water partition coefficient (Wildman–Crippen LogP) is 3.30. The number of nitrogens with zero attached hydrogens (tertiary/aromatic N) is 1. The van der Waals surface area contributed by atoms with Gasteiger partial charge in [0.05, 0.1) is 20.8 Å². The van der Waals surface area contributed by atoms with Gasteiger partial charge in [-0.1, -0.05) is 12.1 Å². The Morgan fingerprint density at radius 3 is 2.60 bits per heavy atom. The van der Waals surface area contributed by atoms with Gasteiger partial charge in [-0.2, -0.15) is 0 Å². The summed E-state index contributed by atoms with van der Waals surface area (Å²) in [6.45, 7) is 6.64. The highest BCUT2D eigenvalue weighted by atomic mass is 16.5. The fraction of sp³-hybridized carbons (Fsp3) is 0.407. The molecule has 35 heavy (non-hydrogen) atoms. The third-order valence-corrected chi connectivity index (χ3v) is 5.93. The van der Waals surface area contributed by atoms with Gasteiger partial charge in [-0.15, -0.1) is 6.58 Å². The first-order valence-electron chi connectivity index (χ1n) is 11.7. The second-order valence-electron chi connectivity index (χ2n) is 8.24. The molecule has 0 saturated heterocycles. The summed E-state index contributed by atoms with van der Waals surface area (Å²) in [5, 5.41) is 11.9. The highest BCUT2D eigenvalue weighted by Crippen LogP contribution is 2.33. The lowest BCUT2D eigenvalue weighted by Gasteiger charge is -2.26. The first kappa shape index (κ1) is 26.1. The molecule has 0 spiro atoms. The third-order valence-electron chi connectivity index (χ3n) is 5.93. The highest BCUT2D eigenvalue weighted by Gasteiger charge is 2.49. The average molecular weight is 483 g/mol. The van der Waals surface area contributed by atoms with E-state index in [0.717, 1.165) is 11.1 Å². The standard InChI is InChI=1S/C27H34N2O6/c1-5-14-27(26(31)28-15-13-20-7-12-23(32-3)24(18-20)33-4)19(2)35-25(29-27)21-8-10-22(11-9-21)34-17-6-16-30/h5,7-12,18-19,30H,1,6,13-17H2,2-4H3,(H,28,31)/t19-,27-/m1/s1. The molecule has 8 nitrogen and oxygen atoms in total. The number of nitrogens with one attached hydrogen (secondary N) is 1. The smallest absolute Gasteiger partial charge is 0.252 e. The Kier molecular flexibility index (Phi) is 9.14. The molecule has 1 amide bonds. The van der Waals surface area contributed by atoms with E-state index in [0.29, 0.717) is 55.6 Å². The molecule has 2 N–H and O–H groups in total. The minimum atomic E-state index is -1.09. The number of hydrogen-bond acceptors (Lipinski definition) is 7. The molecule has 0 bridgehead atoms. The molecule has 2 atom stereocenters. The maximum Gasteiger partial charge on any atom is 0.252 e. The van der Waals surface area contributed by atoms with Crippen LogP contribution in [0.1, 0.15) is 30.9 Å². The van der Waals surface area contributed by atoms with E-state index in [2.05, 4.69) is 11.9 Å². The Bertz CT molecular complexity index is 1040. The van der Waals surface area contributed by atoms with Crippen molar-refractivity contribution >= 4 is 11.8 Å². The van der Waals surface area contributed by atoms with Gasteiger partial charge in [0.2, 0.25) is 5.90 Å². The van der Waals surface area contributed by atoms with Crippen molar-refractivity contribution in [2.24, 2.45) is 4.99 Å². The fourth-order valence-electron chi connectivity index (χ4n) is 3.91. The number of rotatable bonds is 13. The van der Waals surface area contributed by atoms with Crippen LogP contribution in [0, 0.1) is 0 Å². The third kappa shape index (κ3) is 6.14. The maximum absolute atomic E-state index is 13.3. The van der Waals surface area contributed by atoms with Crippen LogP contribution in [-0.2, 0) is 16.0 Å². The topological polar surface area (TPSA) is 98.6 Å². The number of aliphatic hydroxyl groups excluding tert-OH is 1. The summed E-state index contributed by atoms with van der Waals surface area (Å²) in [5.74, 6) is 2.21. The highest BCUT2D eigenvalue weighted by molar-refractivity contribution is 6.00. The van der Waals surface area contributed by atoms with Crippen LogP contribution >= 0.6 is 0 Å². The summed E-state index contributed by atoms with van der Waals surface area (Å²) < 4.78 is 22.2. The molecule has 1 aliphatic heterocycles. The van der Waals surface area contributed by atoms with Crippen LogP contribution in [0.5, 0.6) is 17.2 Å². The molecule has 0 aromatic heterocycles. The van der Waals surface area contributed by atoms with E-state index in [1.54, 1.807) is 20.3 Å². The summed E-state index contributed by atoms with van der Waals surface area (Å²) in [6, 6.07) is 13.0. The number of carbonyl (C=O) groups is 1. The minimum Gasteiger partial charge on any atom is -0.494 e. The number of methoxy groups -OCH3 is 2. The largest absolute Gasteiger partial charge is 0.494 e. The lowest BCUT2D eigenvalue weighted by atomic mass is 9.89. The number of aliphatic hydroxyl groups is 1. The van der Waals surface area contributed by atoms with Gasteiger partial charge < -0.3 is 29.4 Å². The summed E-state index contributed by atoms with van der Waals surface area (Å²) in [7, 11) is 3.19. The van der Waals surface area contributed by atoms with Crippen molar-refractivity contribution in [1.29, 1.82) is 0 Å². The van der Waals surface area contributed by atoms with E-state index < -0.39 is 11.6 Å². The van der Waals surface area contributed by atoms with Gasteiger partial charge in [-0.05, 0) is 55.3 Å². The Morgan fingerprint density at radius 1 is 1.20 bits per heavy atom. The Labute approximate surface area is 206 Å². The lowest BCUT2D eigenvalue weighted by molar-refractivity contribution is -0.128. The number of hydrogen-bond donors (Lipinski definition) is 2. The summed E-state index contributed by atoms with van der Waals surface area (Å²) in [6.07, 6.45) is 2.78. The molecule has 0 aliphatic carbocycles. The van der Waals surface area contributed by atoms with E-state index in [1.807, 2.05) is 49.4 Å². The normalized spacial score (nSPS) is 18.9. The molecular formula is C27H34N2O6. The molecule has 2 aromatic carbocycles. The van der Waals surface area contributed by atoms with Gasteiger partial charge in [0.15, 0.2) is 17.0 Å². The minimum absolute atomic E-state index is 0.0857. The Morgan fingerprint density at radius 2 is 1.94 bits per heavy atom. The number of benzene rings is 2. The summed E-state index contributed by atoms with van der Waals surface area (Å²) >= 11 is 0. The number of aliphatic imine (C=N–C) groups is 1. The number of carbonyl (C=O) groups excluding carboxylic acids is 1. The molecular weight excluding hydrogens is 448 g/mol. The predicted molar refractivity (Wildman–Crippen MR) is 135 cm³/mol. The van der Waals surface area contributed by atoms with Crippen LogP contribution in [0.2, 0.25) is 0 Å². The van der Waals surface area contributed by atoms with E-state index in [1.165, 1.54) is 0 Å². The zero-order chi connectivity index (χ0) is 25.3. The molecule has 3 rings (SSSR count). The van der Waals surface area contributed by atoms with Crippen molar-refractivity contribution < 1.29 is 28.8 Å². The van der Waals surface area contributed by atoms with Crippen molar-refractivity contribution in [3.05, 3.63) is 66.2 Å². The van der Waals surface area contributed by atoms with E-state index >= 15 is 0 Å². The van der Waals surface area contributed by atoms with Gasteiger partial charge in [-0.3, -0.25) is 4.79 Å². The lowest BCUT2D eigenvalue weighted by Crippen LogP contribution is -2.51. The van der Waals surface area contributed by atoms with Crippen molar-refractivity contribution in [1.82, 2.24) is 5.32 Å². The molecule has 0 saturated carbocycles. The quantitative estimate of drug-likeness (QED) is 0.336. The van der Waals surface area contributed by atoms with E-state index in [4.69, 9.17) is 29.0 Å². The van der Waals surface area contributed by atoms with E-state index in [9.17, 15) is 4.79 Å². The second kappa shape index (κ2) is 12.3. The molecule has 0 unspecified atom stereocenters. The van der Waals surface area contributed by atoms with Gasteiger partial charge in [0, 0.05) is 31.6 Å². The number of amides is 1. The zero-order valence-electron chi connectivity index (χ0n) is 20.6. The van der Waals surface area contributed by atoms with Crippen LogP contribution in [0.25, 0.3) is 0 Å². The number of ether oxygens (including phenoxy) is 4. The molecule has 2 aromatic rings. The molecule has 1 aliphatic rings. The summed E-state index contributed by atoms with van der Waals surface area (Å²) in [5.41, 5.74) is 0.683. The second-order valence-corrected chi connectivity index (χ2v) is 8.24. The Hall–Kier alpha value is -3.52. The van der Waals surface area contributed by atoms with Gasteiger partial charge in [0.25, 0.3) is 5.91 Å². The van der Waals surface area contributed by atoms with Gasteiger partial charge in [-0.25, -0.2) is 4.99 Å².